The Hall–Kier alpha value is -3.16. The number of H-pyrrole nitrogens is 1. The average Bonchev–Trinajstić information content (AvgIpc) is 3.18. The Balaban J connectivity index is 1.72. The molecule has 0 bridgehead atoms. The van der Waals surface area contributed by atoms with Crippen LogP contribution in [-0.2, 0) is 0 Å². The van der Waals surface area contributed by atoms with E-state index in [0.717, 1.165) is 16.9 Å². The van der Waals surface area contributed by atoms with Gasteiger partial charge in [-0.05, 0) is 38.1 Å². The van der Waals surface area contributed by atoms with E-state index >= 15 is 0 Å². The van der Waals surface area contributed by atoms with Gasteiger partial charge in [0.1, 0.15) is 5.82 Å². The van der Waals surface area contributed by atoms with Crippen molar-refractivity contribution in [2.45, 2.75) is 19.9 Å². The number of halogens is 1. The van der Waals surface area contributed by atoms with Gasteiger partial charge in [0.15, 0.2) is 0 Å². The van der Waals surface area contributed by atoms with Gasteiger partial charge < -0.3 is 10.6 Å². The number of urea groups is 1. The molecule has 7 nitrogen and oxygen atoms in total. The number of hydrogen-bond acceptors (Lipinski definition) is 3. The molecule has 1 unspecified atom stereocenters. The van der Waals surface area contributed by atoms with Gasteiger partial charge in [0, 0.05) is 17.5 Å². The quantitative estimate of drug-likeness (QED) is 0.688. The molecule has 0 saturated heterocycles. The van der Waals surface area contributed by atoms with Gasteiger partial charge in [0.2, 0.25) is 0 Å². The van der Waals surface area contributed by atoms with Crippen LogP contribution in [0.1, 0.15) is 24.2 Å². The van der Waals surface area contributed by atoms with Crippen LogP contribution in [0.4, 0.5) is 14.9 Å². The summed E-state index contributed by atoms with van der Waals surface area (Å²) < 4.78 is 14.8. The highest BCUT2D eigenvalue weighted by Gasteiger charge is 2.16. The summed E-state index contributed by atoms with van der Waals surface area (Å²) in [6.45, 7) is 3.77. The number of carbonyl (C=O) groups excluding carboxylic acids is 1. The summed E-state index contributed by atoms with van der Waals surface area (Å²) >= 11 is 0. The standard InChI is InChI=1S/C16H17FN6O/c1-10(21-16(24)22-13-7-18-19-8-13)15-9-20-23(11(15)2)14-5-3-12(17)4-6-14/h3-10H,1-2H3,(H,18,19)(H2,21,22,24). The summed E-state index contributed by atoms with van der Waals surface area (Å²) in [6.07, 6.45) is 4.80. The predicted molar refractivity (Wildman–Crippen MR) is 87.4 cm³/mol. The average molecular weight is 328 g/mol. The van der Waals surface area contributed by atoms with Crippen LogP contribution < -0.4 is 10.6 Å². The Bertz CT molecular complexity index is 825. The number of aromatic nitrogens is 4. The van der Waals surface area contributed by atoms with Gasteiger partial charge in [-0.25, -0.2) is 13.9 Å². The van der Waals surface area contributed by atoms with Crippen LogP contribution in [-0.4, -0.2) is 26.0 Å². The van der Waals surface area contributed by atoms with Gasteiger partial charge in [0.25, 0.3) is 0 Å². The molecule has 0 fully saturated rings. The fourth-order valence-electron chi connectivity index (χ4n) is 2.45. The van der Waals surface area contributed by atoms with E-state index in [4.69, 9.17) is 0 Å². The molecule has 0 aliphatic heterocycles. The number of rotatable bonds is 4. The summed E-state index contributed by atoms with van der Waals surface area (Å²) in [5.41, 5.74) is 3.09. The molecule has 0 saturated carbocycles. The first-order valence-corrected chi connectivity index (χ1v) is 7.41. The SMILES string of the molecule is Cc1c(C(C)NC(=O)Nc2cn[nH]c2)cnn1-c1ccc(F)cc1. The molecule has 1 aromatic carbocycles. The fourth-order valence-corrected chi connectivity index (χ4v) is 2.45. The summed E-state index contributed by atoms with van der Waals surface area (Å²) in [5, 5.41) is 16.2. The zero-order valence-electron chi connectivity index (χ0n) is 13.2. The molecule has 124 valence electrons. The number of hydrogen-bond donors (Lipinski definition) is 3. The minimum absolute atomic E-state index is 0.244. The molecule has 0 radical (unpaired) electrons. The van der Waals surface area contributed by atoms with Gasteiger partial charge >= 0.3 is 6.03 Å². The lowest BCUT2D eigenvalue weighted by Gasteiger charge is -2.14. The van der Waals surface area contributed by atoms with Crippen LogP contribution in [0.5, 0.6) is 0 Å². The van der Waals surface area contributed by atoms with Crippen molar-refractivity contribution in [3.05, 3.63) is 59.9 Å². The van der Waals surface area contributed by atoms with Crippen molar-refractivity contribution in [2.24, 2.45) is 0 Å². The summed E-state index contributed by atoms with van der Waals surface area (Å²) in [7, 11) is 0. The zero-order valence-corrected chi connectivity index (χ0v) is 13.2. The molecule has 3 rings (SSSR count). The molecule has 3 aromatic rings. The number of carbonyl (C=O) groups is 1. The minimum Gasteiger partial charge on any atom is -0.331 e. The van der Waals surface area contributed by atoms with Gasteiger partial charge in [-0.1, -0.05) is 0 Å². The Kier molecular flexibility index (Phi) is 4.28. The molecule has 2 amide bonds. The lowest BCUT2D eigenvalue weighted by molar-refractivity contribution is 0.249. The predicted octanol–water partition coefficient (Wildman–Crippen LogP) is 2.93. The van der Waals surface area contributed by atoms with Crippen molar-refractivity contribution in [1.82, 2.24) is 25.3 Å². The number of nitrogens with one attached hydrogen (secondary N) is 3. The smallest absolute Gasteiger partial charge is 0.319 e. The molecule has 0 spiro atoms. The summed E-state index contributed by atoms with van der Waals surface area (Å²) in [4.78, 5) is 12.0. The maximum Gasteiger partial charge on any atom is 0.319 e. The van der Waals surface area contributed by atoms with Gasteiger partial charge in [-0.3, -0.25) is 5.10 Å². The number of aromatic amines is 1. The third-order valence-electron chi connectivity index (χ3n) is 3.69. The van der Waals surface area contributed by atoms with Crippen LogP contribution in [0.2, 0.25) is 0 Å². The van der Waals surface area contributed by atoms with E-state index in [0.29, 0.717) is 5.69 Å². The molecule has 0 aliphatic rings. The van der Waals surface area contributed by atoms with Crippen LogP contribution in [0.15, 0.2) is 42.9 Å². The first kappa shape index (κ1) is 15.7. The summed E-state index contributed by atoms with van der Waals surface area (Å²) in [6, 6.07) is 5.50. The normalized spacial score (nSPS) is 12.0. The lowest BCUT2D eigenvalue weighted by atomic mass is 10.1. The third kappa shape index (κ3) is 3.27. The minimum atomic E-state index is -0.335. The zero-order chi connectivity index (χ0) is 17.1. The van der Waals surface area contributed by atoms with Crippen LogP contribution in [0.3, 0.4) is 0 Å². The molecule has 8 heteroatoms. The molecule has 2 aromatic heterocycles. The largest absolute Gasteiger partial charge is 0.331 e. The second-order valence-electron chi connectivity index (χ2n) is 5.38. The fraction of sp³-hybridized carbons (Fsp3) is 0.188. The monoisotopic (exact) mass is 328 g/mol. The highest BCUT2D eigenvalue weighted by atomic mass is 19.1. The number of benzene rings is 1. The summed E-state index contributed by atoms with van der Waals surface area (Å²) in [5.74, 6) is -0.297. The molecule has 1 atom stereocenters. The van der Waals surface area contributed by atoms with E-state index in [-0.39, 0.29) is 17.9 Å². The lowest BCUT2D eigenvalue weighted by Crippen LogP contribution is -2.31. The van der Waals surface area contributed by atoms with Crippen molar-refractivity contribution in [1.29, 1.82) is 0 Å². The number of amides is 2. The van der Waals surface area contributed by atoms with Gasteiger partial charge in [-0.2, -0.15) is 10.2 Å². The Morgan fingerprint density at radius 1 is 1.29 bits per heavy atom. The van der Waals surface area contributed by atoms with Crippen molar-refractivity contribution in [3.63, 3.8) is 0 Å². The molecule has 3 N–H and O–H groups in total. The second kappa shape index (κ2) is 6.53. The van der Waals surface area contributed by atoms with E-state index < -0.39 is 0 Å². The van der Waals surface area contributed by atoms with Crippen molar-refractivity contribution in [3.8, 4) is 5.69 Å². The van der Waals surface area contributed by atoms with Gasteiger partial charge in [-0.15, -0.1) is 0 Å². The van der Waals surface area contributed by atoms with Crippen molar-refractivity contribution >= 4 is 11.7 Å². The Labute approximate surface area is 137 Å². The first-order chi connectivity index (χ1) is 11.5. The van der Waals surface area contributed by atoms with E-state index in [1.165, 1.54) is 18.3 Å². The highest BCUT2D eigenvalue weighted by molar-refractivity contribution is 5.89. The Morgan fingerprint density at radius 3 is 2.71 bits per heavy atom. The van der Waals surface area contributed by atoms with Crippen molar-refractivity contribution < 1.29 is 9.18 Å². The van der Waals surface area contributed by atoms with E-state index in [9.17, 15) is 9.18 Å². The molecular weight excluding hydrogens is 311 g/mol. The number of anilines is 1. The maximum atomic E-state index is 13.0. The van der Waals surface area contributed by atoms with Crippen LogP contribution >= 0.6 is 0 Å². The molecule has 24 heavy (non-hydrogen) atoms. The molecule has 0 aliphatic carbocycles. The second-order valence-corrected chi connectivity index (χ2v) is 5.38. The maximum absolute atomic E-state index is 13.0. The molecule has 2 heterocycles. The third-order valence-corrected chi connectivity index (χ3v) is 3.69. The van der Waals surface area contributed by atoms with E-state index in [1.54, 1.807) is 29.2 Å². The van der Waals surface area contributed by atoms with Crippen molar-refractivity contribution in [2.75, 3.05) is 5.32 Å². The molecular formula is C16H17FN6O. The van der Waals surface area contributed by atoms with E-state index in [1.807, 2.05) is 13.8 Å². The topological polar surface area (TPSA) is 87.6 Å². The highest BCUT2D eigenvalue weighted by Crippen LogP contribution is 2.20. The van der Waals surface area contributed by atoms with Crippen LogP contribution in [0, 0.1) is 12.7 Å². The Morgan fingerprint density at radius 2 is 2.04 bits per heavy atom. The van der Waals surface area contributed by atoms with Crippen LogP contribution in [0.25, 0.3) is 5.69 Å². The first-order valence-electron chi connectivity index (χ1n) is 7.41. The van der Waals surface area contributed by atoms with E-state index in [2.05, 4.69) is 25.9 Å². The van der Waals surface area contributed by atoms with Gasteiger partial charge in [0.05, 0.1) is 29.8 Å². The number of nitrogens with zero attached hydrogens (tertiary/aromatic N) is 3.